The molecule has 8 heteroatoms. The van der Waals surface area contributed by atoms with Crippen LogP contribution in [0, 0.1) is 4.77 Å². The molecule has 0 amide bonds. The molecule has 0 aromatic carbocycles. The predicted octanol–water partition coefficient (Wildman–Crippen LogP) is -0.0386. The van der Waals surface area contributed by atoms with E-state index in [1.807, 2.05) is 0 Å². The Kier molecular flexibility index (Phi) is 2.13. The molecule has 0 aliphatic carbocycles. The van der Waals surface area contributed by atoms with Crippen molar-refractivity contribution in [2.75, 3.05) is 0 Å². The van der Waals surface area contributed by atoms with Gasteiger partial charge >= 0.3 is 0 Å². The van der Waals surface area contributed by atoms with Crippen LogP contribution in [0.4, 0.5) is 0 Å². The lowest BCUT2D eigenvalue weighted by atomic mass is 10.4. The largest absolute Gasteiger partial charge is 0.343 e. The fourth-order valence-electron chi connectivity index (χ4n) is 0.876. The van der Waals surface area contributed by atoms with Gasteiger partial charge in [0, 0.05) is 6.42 Å². The average molecular weight is 198 g/mol. The van der Waals surface area contributed by atoms with Crippen LogP contribution in [0.5, 0.6) is 0 Å². The molecular formula is C5H6N6OS. The second-order valence-electron chi connectivity index (χ2n) is 2.33. The van der Waals surface area contributed by atoms with Crippen LogP contribution < -0.4 is 0 Å². The molecule has 0 unspecified atom stereocenters. The molecule has 0 aliphatic heterocycles. The van der Waals surface area contributed by atoms with Crippen molar-refractivity contribution in [2.45, 2.75) is 13.0 Å². The molecule has 7 nitrogen and oxygen atoms in total. The molecule has 0 bridgehead atoms. The van der Waals surface area contributed by atoms with Crippen LogP contribution in [-0.4, -0.2) is 30.3 Å². The third kappa shape index (κ3) is 1.78. The summed E-state index contributed by atoms with van der Waals surface area (Å²) in [5.74, 6) is 0.636. The monoisotopic (exact) mass is 198 g/mol. The number of nitrogens with one attached hydrogen (secondary N) is 1. The molecule has 0 saturated carbocycles. The van der Waals surface area contributed by atoms with Gasteiger partial charge in [-0.1, -0.05) is 15.5 Å². The maximum absolute atomic E-state index is 4.87. The van der Waals surface area contributed by atoms with Crippen LogP contribution in [0.3, 0.4) is 0 Å². The van der Waals surface area contributed by atoms with E-state index in [1.54, 1.807) is 4.68 Å². The molecule has 13 heavy (non-hydrogen) atoms. The molecule has 1 N–H and O–H groups in total. The summed E-state index contributed by atoms with van der Waals surface area (Å²) in [4.78, 5) is 3.87. The van der Waals surface area contributed by atoms with Crippen LogP contribution in [0.1, 0.15) is 5.82 Å². The first-order valence-electron chi connectivity index (χ1n) is 3.59. The van der Waals surface area contributed by atoms with Gasteiger partial charge in [0.15, 0.2) is 5.82 Å². The minimum Gasteiger partial charge on any atom is -0.343 e. The van der Waals surface area contributed by atoms with Gasteiger partial charge in [0.25, 0.3) is 0 Å². The number of nitrogens with zero attached hydrogens (tertiary/aromatic N) is 5. The Balaban J connectivity index is 2.01. The van der Waals surface area contributed by atoms with E-state index in [1.165, 1.54) is 6.39 Å². The highest BCUT2D eigenvalue weighted by Crippen LogP contribution is 1.93. The van der Waals surface area contributed by atoms with Crippen molar-refractivity contribution in [2.24, 2.45) is 0 Å². The zero-order valence-electron chi connectivity index (χ0n) is 6.54. The lowest BCUT2D eigenvalue weighted by molar-refractivity contribution is 0.407. The average Bonchev–Trinajstić information content (AvgIpc) is 2.72. The maximum atomic E-state index is 4.87. The highest BCUT2D eigenvalue weighted by atomic mass is 32.1. The van der Waals surface area contributed by atoms with E-state index < -0.39 is 0 Å². The number of tetrazole rings is 1. The highest BCUT2D eigenvalue weighted by molar-refractivity contribution is 7.71. The number of aromatic amines is 1. The predicted molar refractivity (Wildman–Crippen MR) is 43.2 cm³/mol. The van der Waals surface area contributed by atoms with Crippen molar-refractivity contribution in [3.63, 3.8) is 0 Å². The molecule has 2 aromatic rings. The molecule has 0 saturated heterocycles. The second-order valence-corrected chi connectivity index (χ2v) is 2.70. The van der Waals surface area contributed by atoms with Crippen LogP contribution in [0.15, 0.2) is 10.9 Å². The summed E-state index contributed by atoms with van der Waals surface area (Å²) in [6.45, 7) is 0.616. The number of rotatable bonds is 3. The summed E-state index contributed by atoms with van der Waals surface area (Å²) in [6.07, 6.45) is 1.93. The van der Waals surface area contributed by atoms with Crippen LogP contribution in [0.25, 0.3) is 0 Å². The summed E-state index contributed by atoms with van der Waals surface area (Å²) < 4.78 is 6.63. The van der Waals surface area contributed by atoms with Gasteiger partial charge in [0.2, 0.25) is 11.2 Å². The Hall–Kier alpha value is -1.57. The minimum absolute atomic E-state index is 0.420. The van der Waals surface area contributed by atoms with E-state index in [0.29, 0.717) is 23.6 Å². The van der Waals surface area contributed by atoms with Gasteiger partial charge in [-0.3, -0.25) is 0 Å². The molecule has 2 aromatic heterocycles. The molecule has 0 aliphatic rings. The van der Waals surface area contributed by atoms with E-state index in [0.717, 1.165) is 0 Å². The van der Waals surface area contributed by atoms with E-state index in [2.05, 4.69) is 30.2 Å². The van der Waals surface area contributed by atoms with Crippen molar-refractivity contribution < 1.29 is 4.52 Å². The molecule has 2 heterocycles. The number of aryl methyl sites for hydroxylation is 2. The summed E-state index contributed by atoms with van der Waals surface area (Å²) in [7, 11) is 0. The van der Waals surface area contributed by atoms with Gasteiger partial charge in [0.1, 0.15) is 0 Å². The van der Waals surface area contributed by atoms with Crippen molar-refractivity contribution in [1.29, 1.82) is 0 Å². The normalized spacial score (nSPS) is 10.5. The number of hydrogen-bond acceptors (Lipinski definition) is 6. The van der Waals surface area contributed by atoms with E-state index >= 15 is 0 Å². The van der Waals surface area contributed by atoms with Crippen LogP contribution >= 0.6 is 12.2 Å². The topological polar surface area (TPSA) is 85.4 Å². The van der Waals surface area contributed by atoms with Gasteiger partial charge < -0.3 is 4.52 Å². The SMILES string of the molecule is S=c1nn[nH]n1CCc1ncon1. The molecule has 0 spiro atoms. The van der Waals surface area contributed by atoms with Crippen LogP contribution in [0.2, 0.25) is 0 Å². The van der Waals surface area contributed by atoms with E-state index in [4.69, 9.17) is 12.2 Å². The number of aromatic nitrogens is 6. The van der Waals surface area contributed by atoms with Crippen molar-refractivity contribution in [1.82, 2.24) is 30.3 Å². The summed E-state index contributed by atoms with van der Waals surface area (Å²) >= 11 is 4.87. The van der Waals surface area contributed by atoms with Gasteiger partial charge in [0.05, 0.1) is 6.54 Å². The maximum Gasteiger partial charge on any atom is 0.238 e. The fourth-order valence-corrected chi connectivity index (χ4v) is 1.05. The smallest absolute Gasteiger partial charge is 0.238 e. The molecule has 68 valence electrons. The van der Waals surface area contributed by atoms with E-state index in [9.17, 15) is 0 Å². The molecule has 2 rings (SSSR count). The zero-order chi connectivity index (χ0) is 9.10. The van der Waals surface area contributed by atoms with Crippen molar-refractivity contribution in [3.8, 4) is 0 Å². The fraction of sp³-hybridized carbons (Fsp3) is 0.400. The first kappa shape index (κ1) is 8.05. The van der Waals surface area contributed by atoms with E-state index in [-0.39, 0.29) is 0 Å². The lowest BCUT2D eigenvalue weighted by Gasteiger charge is -1.95. The van der Waals surface area contributed by atoms with Crippen molar-refractivity contribution >= 4 is 12.2 Å². The molecule has 0 atom stereocenters. The standard InChI is InChI=1S/C5H6N6OS/c13-5-7-9-10-11(5)2-1-4-6-3-12-8-4/h3H,1-2H2,(H,7,10,13). The quantitative estimate of drug-likeness (QED) is 0.696. The van der Waals surface area contributed by atoms with Gasteiger partial charge in [-0.15, -0.1) is 0 Å². The Bertz CT molecular complexity index is 416. The second kappa shape index (κ2) is 3.44. The Morgan fingerprint density at radius 3 is 3.15 bits per heavy atom. The first-order valence-corrected chi connectivity index (χ1v) is 4.00. The third-order valence-corrected chi connectivity index (χ3v) is 1.80. The van der Waals surface area contributed by atoms with Gasteiger partial charge in [-0.25, -0.2) is 4.68 Å². The lowest BCUT2D eigenvalue weighted by Crippen LogP contribution is -2.04. The summed E-state index contributed by atoms with van der Waals surface area (Å²) in [6, 6.07) is 0. The number of H-pyrrole nitrogens is 1. The Morgan fingerprint density at radius 1 is 1.62 bits per heavy atom. The summed E-state index contributed by atoms with van der Waals surface area (Å²) in [5.41, 5.74) is 0. The van der Waals surface area contributed by atoms with Crippen LogP contribution in [-0.2, 0) is 13.0 Å². The molecule has 0 radical (unpaired) electrons. The minimum atomic E-state index is 0.420. The molecule has 0 fully saturated rings. The highest BCUT2D eigenvalue weighted by Gasteiger charge is 2.00. The first-order chi connectivity index (χ1) is 6.36. The van der Waals surface area contributed by atoms with Gasteiger partial charge in [-0.2, -0.15) is 10.2 Å². The van der Waals surface area contributed by atoms with Crippen molar-refractivity contribution in [3.05, 3.63) is 17.0 Å². The molecular weight excluding hydrogens is 192 g/mol. The summed E-state index contributed by atoms with van der Waals surface area (Å²) in [5, 5.41) is 13.5. The third-order valence-electron chi connectivity index (χ3n) is 1.50. The Morgan fingerprint density at radius 2 is 2.54 bits per heavy atom. The van der Waals surface area contributed by atoms with Gasteiger partial charge in [-0.05, 0) is 12.2 Å². The number of hydrogen-bond donors (Lipinski definition) is 1. The zero-order valence-corrected chi connectivity index (χ0v) is 7.36. The Labute approximate surface area is 77.7 Å².